The third-order valence-corrected chi connectivity index (χ3v) is 6.47. The molecular weight excluding hydrogens is 446 g/mol. The monoisotopic (exact) mass is 465 g/mol. The third kappa shape index (κ3) is 4.18. The third-order valence-electron chi connectivity index (χ3n) is 5.50. The Morgan fingerprint density at radius 1 is 0.824 bits per heavy atom. The van der Waals surface area contributed by atoms with E-state index in [1.54, 1.807) is 11.3 Å². The van der Waals surface area contributed by atoms with Gasteiger partial charge in [0.1, 0.15) is 24.7 Å². The molecule has 0 saturated heterocycles. The number of ether oxygens (including phenoxy) is 2. The molecule has 1 N–H and O–H groups in total. The highest BCUT2D eigenvalue weighted by atomic mass is 32.1. The molecule has 34 heavy (non-hydrogen) atoms. The standard InChI is InChI=1S/C26H19N5O2S/c1-2-4-24-18(3-1)7-8-19(27-24)15-33-20-9-5-17(6-10-20)14-32-21-11-12-25-22(13-21)23(16-34-25)26-28-30-31-29-26/h1-13,16H,14-15H2,(H,28,29,30,31). The summed E-state index contributed by atoms with van der Waals surface area (Å²) in [5, 5.41) is 18.5. The molecule has 3 aromatic heterocycles. The van der Waals surface area contributed by atoms with Crippen molar-refractivity contribution in [1.29, 1.82) is 0 Å². The van der Waals surface area contributed by atoms with E-state index < -0.39 is 0 Å². The zero-order valence-electron chi connectivity index (χ0n) is 18.0. The second-order valence-electron chi connectivity index (χ2n) is 7.76. The van der Waals surface area contributed by atoms with Crippen LogP contribution in [0.4, 0.5) is 0 Å². The topological polar surface area (TPSA) is 85.8 Å². The summed E-state index contributed by atoms with van der Waals surface area (Å²) in [6, 6.07) is 26.1. The Hall–Kier alpha value is -4.30. The van der Waals surface area contributed by atoms with Gasteiger partial charge in [-0.25, -0.2) is 4.98 Å². The molecule has 6 aromatic rings. The van der Waals surface area contributed by atoms with Gasteiger partial charge in [-0.05, 0) is 53.2 Å². The summed E-state index contributed by atoms with van der Waals surface area (Å²) < 4.78 is 13.1. The number of hydrogen-bond donors (Lipinski definition) is 1. The lowest BCUT2D eigenvalue weighted by molar-refractivity contribution is 0.298. The van der Waals surface area contributed by atoms with Crippen molar-refractivity contribution in [3.05, 3.63) is 95.5 Å². The van der Waals surface area contributed by atoms with Gasteiger partial charge in [-0.3, -0.25) is 0 Å². The maximum Gasteiger partial charge on any atom is 0.206 e. The summed E-state index contributed by atoms with van der Waals surface area (Å²) in [4.78, 5) is 4.65. The van der Waals surface area contributed by atoms with E-state index in [1.807, 2.05) is 66.0 Å². The number of pyridine rings is 1. The van der Waals surface area contributed by atoms with E-state index >= 15 is 0 Å². The first kappa shape index (κ1) is 20.3. The highest BCUT2D eigenvalue weighted by molar-refractivity contribution is 7.17. The molecule has 3 heterocycles. The number of nitrogens with zero attached hydrogens (tertiary/aromatic N) is 4. The molecule has 0 spiro atoms. The van der Waals surface area contributed by atoms with Gasteiger partial charge < -0.3 is 9.47 Å². The Morgan fingerprint density at radius 3 is 2.56 bits per heavy atom. The maximum absolute atomic E-state index is 6.04. The van der Waals surface area contributed by atoms with Crippen molar-refractivity contribution < 1.29 is 9.47 Å². The molecule has 0 saturated carbocycles. The predicted molar refractivity (Wildman–Crippen MR) is 132 cm³/mol. The van der Waals surface area contributed by atoms with Crippen LogP contribution in [0, 0.1) is 0 Å². The van der Waals surface area contributed by atoms with Gasteiger partial charge >= 0.3 is 0 Å². The van der Waals surface area contributed by atoms with Crippen molar-refractivity contribution in [2.45, 2.75) is 13.2 Å². The number of H-pyrrole nitrogens is 1. The first-order valence-electron chi connectivity index (χ1n) is 10.8. The van der Waals surface area contributed by atoms with Crippen LogP contribution >= 0.6 is 11.3 Å². The summed E-state index contributed by atoms with van der Waals surface area (Å²) >= 11 is 1.64. The molecule has 0 atom stereocenters. The number of tetrazole rings is 1. The van der Waals surface area contributed by atoms with Crippen LogP contribution in [0.2, 0.25) is 0 Å². The number of aromatic amines is 1. The van der Waals surface area contributed by atoms with Crippen molar-refractivity contribution in [2.75, 3.05) is 0 Å². The van der Waals surface area contributed by atoms with E-state index in [4.69, 9.17) is 9.47 Å². The average Bonchev–Trinajstić information content (AvgIpc) is 3.56. The quantitative estimate of drug-likeness (QED) is 0.321. The summed E-state index contributed by atoms with van der Waals surface area (Å²) in [6.45, 7) is 0.879. The highest BCUT2D eigenvalue weighted by Crippen LogP contribution is 2.34. The number of hydrogen-bond acceptors (Lipinski definition) is 7. The first-order valence-corrected chi connectivity index (χ1v) is 11.6. The molecule has 6 rings (SSSR count). The smallest absolute Gasteiger partial charge is 0.206 e. The molecule has 0 aliphatic heterocycles. The van der Waals surface area contributed by atoms with Gasteiger partial charge in [0.05, 0.1) is 11.2 Å². The molecule has 8 heteroatoms. The lowest BCUT2D eigenvalue weighted by atomic mass is 10.1. The van der Waals surface area contributed by atoms with E-state index in [0.717, 1.165) is 49.3 Å². The van der Waals surface area contributed by atoms with Crippen LogP contribution in [-0.4, -0.2) is 25.6 Å². The van der Waals surface area contributed by atoms with Crippen LogP contribution in [0.25, 0.3) is 32.4 Å². The number of rotatable bonds is 7. The van der Waals surface area contributed by atoms with Crippen molar-refractivity contribution in [1.82, 2.24) is 25.6 Å². The molecule has 166 valence electrons. The fraction of sp³-hybridized carbons (Fsp3) is 0.0769. The van der Waals surface area contributed by atoms with Crippen LogP contribution in [0.5, 0.6) is 11.5 Å². The number of aromatic nitrogens is 5. The average molecular weight is 466 g/mol. The van der Waals surface area contributed by atoms with Gasteiger partial charge in [0.25, 0.3) is 0 Å². The molecule has 0 fully saturated rings. The lowest BCUT2D eigenvalue weighted by Crippen LogP contribution is -1.99. The van der Waals surface area contributed by atoms with Crippen molar-refractivity contribution in [2.24, 2.45) is 0 Å². The number of benzene rings is 3. The van der Waals surface area contributed by atoms with Crippen LogP contribution in [0.3, 0.4) is 0 Å². The molecule has 0 radical (unpaired) electrons. The molecule has 0 amide bonds. The Balaban J connectivity index is 1.09. The van der Waals surface area contributed by atoms with E-state index in [9.17, 15) is 0 Å². The number of fused-ring (bicyclic) bond motifs is 2. The first-order chi connectivity index (χ1) is 16.8. The van der Waals surface area contributed by atoms with Crippen LogP contribution in [0.1, 0.15) is 11.3 Å². The number of para-hydroxylation sites is 1. The fourth-order valence-electron chi connectivity index (χ4n) is 3.74. The van der Waals surface area contributed by atoms with Gasteiger partial charge in [-0.1, -0.05) is 36.4 Å². The predicted octanol–water partition coefficient (Wildman–Crippen LogP) is 5.79. The molecule has 0 aliphatic rings. The Labute approximate surface area is 199 Å². The molecular formula is C26H19N5O2S. The second kappa shape index (κ2) is 8.92. The molecule has 3 aromatic carbocycles. The van der Waals surface area contributed by atoms with E-state index in [-0.39, 0.29) is 0 Å². The zero-order valence-corrected chi connectivity index (χ0v) is 18.8. The molecule has 7 nitrogen and oxygen atoms in total. The summed E-state index contributed by atoms with van der Waals surface area (Å²) in [5.74, 6) is 2.17. The minimum absolute atomic E-state index is 0.421. The maximum atomic E-state index is 6.04. The van der Waals surface area contributed by atoms with E-state index in [0.29, 0.717) is 19.0 Å². The van der Waals surface area contributed by atoms with Gasteiger partial charge in [-0.2, -0.15) is 5.21 Å². The van der Waals surface area contributed by atoms with Crippen molar-refractivity contribution in [3.8, 4) is 22.9 Å². The number of thiophene rings is 1. The SMILES string of the molecule is c1ccc2nc(COc3ccc(COc4ccc5scc(-c6nn[nH]n6)c5c4)cc3)ccc2c1. The Bertz CT molecular complexity index is 1560. The zero-order chi connectivity index (χ0) is 22.7. The molecule has 0 unspecified atom stereocenters. The molecule has 0 aliphatic carbocycles. The van der Waals surface area contributed by atoms with Crippen molar-refractivity contribution >= 4 is 32.3 Å². The van der Waals surface area contributed by atoms with E-state index in [2.05, 4.69) is 43.8 Å². The van der Waals surface area contributed by atoms with Gasteiger partial charge in [-0.15, -0.1) is 21.5 Å². The summed E-state index contributed by atoms with van der Waals surface area (Å²) in [5.41, 5.74) is 3.87. The largest absolute Gasteiger partial charge is 0.489 e. The van der Waals surface area contributed by atoms with Crippen LogP contribution < -0.4 is 9.47 Å². The number of nitrogens with one attached hydrogen (secondary N) is 1. The van der Waals surface area contributed by atoms with Crippen LogP contribution in [0.15, 0.2) is 84.2 Å². The van der Waals surface area contributed by atoms with Gasteiger partial charge in [0.15, 0.2) is 0 Å². The lowest BCUT2D eigenvalue weighted by Gasteiger charge is -2.09. The van der Waals surface area contributed by atoms with Gasteiger partial charge in [0.2, 0.25) is 5.82 Å². The summed E-state index contributed by atoms with van der Waals surface area (Å²) in [6.07, 6.45) is 0. The van der Waals surface area contributed by atoms with Gasteiger partial charge in [0, 0.05) is 26.4 Å². The van der Waals surface area contributed by atoms with E-state index in [1.165, 1.54) is 0 Å². The Morgan fingerprint density at radius 2 is 1.68 bits per heavy atom. The molecule has 0 bridgehead atoms. The van der Waals surface area contributed by atoms with Crippen LogP contribution in [-0.2, 0) is 13.2 Å². The van der Waals surface area contributed by atoms with Crippen molar-refractivity contribution in [3.63, 3.8) is 0 Å². The highest BCUT2D eigenvalue weighted by Gasteiger charge is 2.11. The normalized spacial score (nSPS) is 11.2. The summed E-state index contributed by atoms with van der Waals surface area (Å²) in [7, 11) is 0. The minimum atomic E-state index is 0.421. The Kier molecular flexibility index (Phi) is 5.33. The second-order valence-corrected chi connectivity index (χ2v) is 8.67. The minimum Gasteiger partial charge on any atom is -0.489 e. The fourth-order valence-corrected chi connectivity index (χ4v) is 4.66.